The maximum Gasteiger partial charge on any atom is 0.306 e. The Labute approximate surface area is 449 Å². The molecule has 0 amide bonds. The summed E-state index contributed by atoms with van der Waals surface area (Å²) in [4.78, 5) is 38.3. The highest BCUT2D eigenvalue weighted by Crippen LogP contribution is 2.17. The largest absolute Gasteiger partial charge is 0.462 e. The van der Waals surface area contributed by atoms with E-state index in [0.717, 1.165) is 64.2 Å². The molecule has 0 saturated carbocycles. The molecule has 424 valence electrons. The predicted molar refractivity (Wildman–Crippen MR) is 312 cm³/mol. The molecule has 0 saturated heterocycles. The number of hydrogen-bond donors (Lipinski definition) is 0. The van der Waals surface area contributed by atoms with Gasteiger partial charge in [0, 0.05) is 19.3 Å². The maximum atomic E-state index is 12.9. The van der Waals surface area contributed by atoms with Crippen molar-refractivity contribution in [3.05, 3.63) is 24.3 Å². The Hall–Kier alpha value is -2.11. The average molecular weight is 1010 g/mol. The van der Waals surface area contributed by atoms with Gasteiger partial charge in [0.2, 0.25) is 0 Å². The number of ether oxygens (including phenoxy) is 3. The fraction of sp³-hybridized carbons (Fsp3) is 0.894. The number of carbonyl (C=O) groups excluding carboxylic acids is 3. The van der Waals surface area contributed by atoms with Gasteiger partial charge in [0.25, 0.3) is 0 Å². The van der Waals surface area contributed by atoms with E-state index in [2.05, 4.69) is 45.1 Å². The molecule has 0 heterocycles. The molecule has 0 aliphatic heterocycles. The van der Waals surface area contributed by atoms with Gasteiger partial charge >= 0.3 is 17.9 Å². The van der Waals surface area contributed by atoms with Crippen LogP contribution in [0, 0.1) is 0 Å². The van der Waals surface area contributed by atoms with E-state index in [1.165, 1.54) is 257 Å². The van der Waals surface area contributed by atoms with Crippen molar-refractivity contribution >= 4 is 17.9 Å². The lowest BCUT2D eigenvalue weighted by Gasteiger charge is -2.18. The number of hydrogen-bond acceptors (Lipinski definition) is 6. The monoisotopic (exact) mass is 1010 g/mol. The highest BCUT2D eigenvalue weighted by Gasteiger charge is 2.19. The lowest BCUT2D eigenvalue weighted by atomic mass is 10.0. The maximum absolute atomic E-state index is 12.9. The molecule has 1 unspecified atom stereocenters. The van der Waals surface area contributed by atoms with Crippen LogP contribution in [0.2, 0.25) is 0 Å². The van der Waals surface area contributed by atoms with Crippen LogP contribution in [-0.2, 0) is 28.6 Å². The molecule has 0 fully saturated rings. The van der Waals surface area contributed by atoms with Crippen molar-refractivity contribution in [3.63, 3.8) is 0 Å². The lowest BCUT2D eigenvalue weighted by molar-refractivity contribution is -0.167. The number of unbranched alkanes of at least 4 members (excludes halogenated alkanes) is 45. The molecule has 0 bridgehead atoms. The number of rotatable bonds is 60. The normalized spacial score (nSPS) is 12.1. The minimum Gasteiger partial charge on any atom is -0.462 e. The minimum atomic E-state index is -0.775. The third-order valence-electron chi connectivity index (χ3n) is 14.7. The fourth-order valence-corrected chi connectivity index (χ4v) is 9.79. The number of esters is 3. The molecule has 6 nitrogen and oxygen atoms in total. The smallest absolute Gasteiger partial charge is 0.306 e. The quantitative estimate of drug-likeness (QED) is 0.0261. The molecule has 0 aromatic carbocycles. The van der Waals surface area contributed by atoms with Gasteiger partial charge in [0.15, 0.2) is 6.10 Å². The molecule has 6 heteroatoms. The molecule has 1 atom stereocenters. The van der Waals surface area contributed by atoms with Crippen molar-refractivity contribution in [2.75, 3.05) is 13.2 Å². The molecule has 0 aromatic rings. The third kappa shape index (κ3) is 58.8. The predicted octanol–water partition coefficient (Wildman–Crippen LogP) is 21.8. The Kier molecular flexibility index (Phi) is 59.6. The Bertz CT molecular complexity index is 1160. The molecule has 0 aliphatic rings. The van der Waals surface area contributed by atoms with Crippen LogP contribution in [0.25, 0.3) is 0 Å². The Morgan fingerprint density at radius 2 is 0.458 bits per heavy atom. The van der Waals surface area contributed by atoms with Crippen LogP contribution >= 0.6 is 0 Å². The summed E-state index contributed by atoms with van der Waals surface area (Å²) in [6.07, 6.45) is 73.2. The van der Waals surface area contributed by atoms with E-state index >= 15 is 0 Å². The zero-order chi connectivity index (χ0) is 52.2. The zero-order valence-corrected chi connectivity index (χ0v) is 48.7. The van der Waals surface area contributed by atoms with E-state index in [4.69, 9.17) is 14.2 Å². The molecule has 0 aromatic heterocycles. The Balaban J connectivity index is 4.33. The summed E-state index contributed by atoms with van der Waals surface area (Å²) in [5.74, 6) is -0.857. The van der Waals surface area contributed by atoms with Crippen LogP contribution in [0.5, 0.6) is 0 Å². The average Bonchev–Trinajstić information content (AvgIpc) is 3.38. The first-order valence-corrected chi connectivity index (χ1v) is 32.3. The summed E-state index contributed by atoms with van der Waals surface area (Å²) >= 11 is 0. The summed E-state index contributed by atoms with van der Waals surface area (Å²) in [5.41, 5.74) is 0. The number of allylic oxidation sites excluding steroid dienone is 4. The first kappa shape index (κ1) is 69.9. The molecular formula is C66H124O6. The van der Waals surface area contributed by atoms with Gasteiger partial charge in [-0.15, -0.1) is 0 Å². The standard InChI is InChI=1S/C66H124O6/c1-4-7-10-13-16-19-22-25-28-31-33-36-38-41-44-47-50-53-56-59-65(68)71-62-63(61-70-64(67)58-55-52-49-46-43-40-37-34-30-27-24-21-18-15-12-9-6-3)72-66(69)60-57-54-51-48-45-42-39-35-32-29-26-23-20-17-14-11-8-5-2/h27,30,35,39,63H,4-26,28-29,31-34,36-38,40-62H2,1-3H3/b30-27-,39-35-. The van der Waals surface area contributed by atoms with Crippen LogP contribution in [0.1, 0.15) is 361 Å². The molecule has 0 rings (SSSR count). The lowest BCUT2D eigenvalue weighted by Crippen LogP contribution is -2.30. The summed E-state index contributed by atoms with van der Waals surface area (Å²) in [5, 5.41) is 0. The van der Waals surface area contributed by atoms with Crippen molar-refractivity contribution in [1.29, 1.82) is 0 Å². The molecular weight excluding hydrogens is 889 g/mol. The summed E-state index contributed by atoms with van der Waals surface area (Å²) in [6, 6.07) is 0. The van der Waals surface area contributed by atoms with Crippen LogP contribution in [0.3, 0.4) is 0 Å². The highest BCUT2D eigenvalue weighted by molar-refractivity contribution is 5.71. The second-order valence-electron chi connectivity index (χ2n) is 22.0. The van der Waals surface area contributed by atoms with Gasteiger partial charge in [-0.05, 0) is 70.6 Å². The van der Waals surface area contributed by atoms with Crippen molar-refractivity contribution in [2.45, 2.75) is 367 Å². The molecule has 0 radical (unpaired) electrons. The highest BCUT2D eigenvalue weighted by atomic mass is 16.6. The second-order valence-corrected chi connectivity index (χ2v) is 22.0. The van der Waals surface area contributed by atoms with Gasteiger partial charge in [-0.2, -0.15) is 0 Å². The zero-order valence-electron chi connectivity index (χ0n) is 48.7. The van der Waals surface area contributed by atoms with Gasteiger partial charge in [-0.1, -0.05) is 295 Å². The minimum absolute atomic E-state index is 0.0709. The van der Waals surface area contributed by atoms with E-state index in [0.29, 0.717) is 19.3 Å². The molecule has 72 heavy (non-hydrogen) atoms. The van der Waals surface area contributed by atoms with E-state index in [-0.39, 0.29) is 31.1 Å². The van der Waals surface area contributed by atoms with E-state index < -0.39 is 6.10 Å². The van der Waals surface area contributed by atoms with Crippen molar-refractivity contribution < 1.29 is 28.6 Å². The topological polar surface area (TPSA) is 78.9 Å². The van der Waals surface area contributed by atoms with Crippen LogP contribution < -0.4 is 0 Å². The van der Waals surface area contributed by atoms with Crippen molar-refractivity contribution in [1.82, 2.24) is 0 Å². The van der Waals surface area contributed by atoms with Gasteiger partial charge in [0.1, 0.15) is 13.2 Å². The first-order chi connectivity index (χ1) is 35.5. The summed E-state index contributed by atoms with van der Waals surface area (Å²) in [7, 11) is 0. The van der Waals surface area contributed by atoms with Gasteiger partial charge in [-0.3, -0.25) is 14.4 Å². The molecule has 0 aliphatic carbocycles. The van der Waals surface area contributed by atoms with Crippen LogP contribution in [0.4, 0.5) is 0 Å². The Morgan fingerprint density at radius 3 is 0.694 bits per heavy atom. The number of carbonyl (C=O) groups is 3. The summed E-state index contributed by atoms with van der Waals surface area (Å²) < 4.78 is 16.9. The van der Waals surface area contributed by atoms with E-state index in [1.807, 2.05) is 0 Å². The SMILES string of the molecule is CCCCCCCC/C=C\CCCCCCCCCC(=O)OCC(COC(=O)CCCCCCCCCCCCCCCCCCCCC)OC(=O)CCCCCCC/C=C\CCCCCCCCCCC. The van der Waals surface area contributed by atoms with Gasteiger partial charge in [0.05, 0.1) is 0 Å². The summed E-state index contributed by atoms with van der Waals surface area (Å²) in [6.45, 7) is 6.70. The molecule has 0 N–H and O–H groups in total. The van der Waals surface area contributed by atoms with E-state index in [1.54, 1.807) is 0 Å². The first-order valence-electron chi connectivity index (χ1n) is 32.3. The second kappa shape index (κ2) is 61.4. The van der Waals surface area contributed by atoms with Crippen LogP contribution in [0.15, 0.2) is 24.3 Å². The van der Waals surface area contributed by atoms with Gasteiger partial charge < -0.3 is 14.2 Å². The fourth-order valence-electron chi connectivity index (χ4n) is 9.79. The van der Waals surface area contributed by atoms with Crippen molar-refractivity contribution in [2.24, 2.45) is 0 Å². The van der Waals surface area contributed by atoms with Gasteiger partial charge in [-0.25, -0.2) is 0 Å². The molecule has 0 spiro atoms. The van der Waals surface area contributed by atoms with E-state index in [9.17, 15) is 14.4 Å². The van der Waals surface area contributed by atoms with Crippen LogP contribution in [-0.4, -0.2) is 37.2 Å². The van der Waals surface area contributed by atoms with Crippen molar-refractivity contribution in [3.8, 4) is 0 Å². The third-order valence-corrected chi connectivity index (χ3v) is 14.7. The Morgan fingerprint density at radius 1 is 0.264 bits per heavy atom.